The maximum absolute atomic E-state index is 12.4. The quantitative estimate of drug-likeness (QED) is 0.773. The Hall–Kier alpha value is -0.920. The summed E-state index contributed by atoms with van der Waals surface area (Å²) in [6.07, 6.45) is 3.91. The van der Waals surface area contributed by atoms with Gasteiger partial charge in [-0.25, -0.2) is 13.1 Å². The molecule has 0 aliphatic carbocycles. The molecular formula is C14H22N2O3S2. The Balaban J connectivity index is 2.18. The lowest BCUT2D eigenvalue weighted by Crippen LogP contribution is -2.28. The first-order chi connectivity index (χ1) is 9.92. The van der Waals surface area contributed by atoms with E-state index in [-0.39, 0.29) is 0 Å². The molecule has 0 saturated heterocycles. The zero-order valence-electron chi connectivity index (χ0n) is 12.4. The van der Waals surface area contributed by atoms with Gasteiger partial charge in [0.1, 0.15) is 0 Å². The van der Waals surface area contributed by atoms with Crippen molar-refractivity contribution in [2.75, 3.05) is 30.4 Å². The van der Waals surface area contributed by atoms with Crippen LogP contribution < -0.4 is 10.0 Å². The highest BCUT2D eigenvalue weighted by atomic mass is 32.2. The Morgan fingerprint density at radius 2 is 2.14 bits per heavy atom. The standard InChI is InChI=1S/C14H22N2O3S2/c1-11-6-7-13(12-5-3-8-15-14(11)12)21(18,19)16-9-4-10-20(2)17/h6-7,15-16H,3-5,8-10H2,1-2H3. The maximum atomic E-state index is 12.4. The molecule has 0 aromatic heterocycles. The van der Waals surface area contributed by atoms with Crippen molar-refractivity contribution in [1.29, 1.82) is 0 Å². The van der Waals surface area contributed by atoms with Gasteiger partial charge in [0.05, 0.1) is 4.90 Å². The van der Waals surface area contributed by atoms with E-state index in [2.05, 4.69) is 10.0 Å². The number of aryl methyl sites for hydroxylation is 1. The number of benzene rings is 1. The van der Waals surface area contributed by atoms with Crippen LogP contribution in [-0.2, 0) is 27.2 Å². The summed E-state index contributed by atoms with van der Waals surface area (Å²) >= 11 is 0. The van der Waals surface area contributed by atoms with Crippen LogP contribution >= 0.6 is 0 Å². The molecule has 1 heterocycles. The lowest BCUT2D eigenvalue weighted by molar-refractivity contribution is 0.579. The van der Waals surface area contributed by atoms with Crippen molar-refractivity contribution >= 4 is 26.5 Å². The van der Waals surface area contributed by atoms with Gasteiger partial charge in [-0.2, -0.15) is 0 Å². The predicted octanol–water partition coefficient (Wildman–Crippen LogP) is 1.40. The number of sulfonamides is 1. The molecule has 2 rings (SSSR count). The molecule has 0 bridgehead atoms. The first-order valence-electron chi connectivity index (χ1n) is 7.08. The predicted molar refractivity (Wildman–Crippen MR) is 86.7 cm³/mol. The summed E-state index contributed by atoms with van der Waals surface area (Å²) < 4.78 is 38.5. The van der Waals surface area contributed by atoms with E-state index in [1.165, 1.54) is 0 Å². The van der Waals surface area contributed by atoms with Gasteiger partial charge < -0.3 is 5.32 Å². The van der Waals surface area contributed by atoms with Gasteiger partial charge in [-0.1, -0.05) is 6.07 Å². The van der Waals surface area contributed by atoms with Crippen molar-refractivity contribution in [3.8, 4) is 0 Å². The molecule has 1 aromatic rings. The highest BCUT2D eigenvalue weighted by Crippen LogP contribution is 2.31. The molecular weight excluding hydrogens is 308 g/mol. The fourth-order valence-electron chi connectivity index (χ4n) is 2.53. The largest absolute Gasteiger partial charge is 0.385 e. The summed E-state index contributed by atoms with van der Waals surface area (Å²) in [6, 6.07) is 3.52. The molecule has 1 atom stereocenters. The van der Waals surface area contributed by atoms with Gasteiger partial charge in [-0.3, -0.25) is 4.21 Å². The normalized spacial score (nSPS) is 16.1. The third-order valence-electron chi connectivity index (χ3n) is 3.57. The molecule has 5 nitrogen and oxygen atoms in total. The maximum Gasteiger partial charge on any atom is 0.240 e. The smallest absolute Gasteiger partial charge is 0.240 e. The number of nitrogens with one attached hydrogen (secondary N) is 2. The summed E-state index contributed by atoms with van der Waals surface area (Å²) in [5.41, 5.74) is 2.91. The van der Waals surface area contributed by atoms with Gasteiger partial charge >= 0.3 is 0 Å². The molecule has 0 radical (unpaired) electrons. The highest BCUT2D eigenvalue weighted by Gasteiger charge is 2.23. The molecule has 21 heavy (non-hydrogen) atoms. The highest BCUT2D eigenvalue weighted by molar-refractivity contribution is 7.89. The fraction of sp³-hybridized carbons (Fsp3) is 0.571. The van der Waals surface area contributed by atoms with E-state index in [4.69, 9.17) is 0 Å². The molecule has 1 aliphatic rings. The summed E-state index contributed by atoms with van der Waals surface area (Å²) in [7, 11) is -4.39. The Bertz CT molecular complexity index is 642. The second kappa shape index (κ2) is 6.89. The van der Waals surface area contributed by atoms with Crippen LogP contribution in [0.2, 0.25) is 0 Å². The number of hydrogen-bond acceptors (Lipinski definition) is 4. The van der Waals surface area contributed by atoms with E-state index in [1.54, 1.807) is 12.3 Å². The SMILES string of the molecule is Cc1ccc(S(=O)(=O)NCCCS(C)=O)c2c1NCCC2. The van der Waals surface area contributed by atoms with Crippen molar-refractivity contribution < 1.29 is 12.6 Å². The zero-order chi connectivity index (χ0) is 15.5. The lowest BCUT2D eigenvalue weighted by Gasteiger charge is -2.23. The van der Waals surface area contributed by atoms with Gasteiger partial charge in [-0.15, -0.1) is 0 Å². The van der Waals surface area contributed by atoms with Crippen molar-refractivity contribution in [3.05, 3.63) is 23.3 Å². The number of anilines is 1. The number of rotatable bonds is 6. The third-order valence-corrected chi connectivity index (χ3v) is 5.98. The van der Waals surface area contributed by atoms with Gasteiger partial charge in [-0.05, 0) is 43.4 Å². The van der Waals surface area contributed by atoms with Crippen LogP contribution in [0.3, 0.4) is 0 Å². The molecule has 1 aromatic carbocycles. The molecule has 1 aliphatic heterocycles. The summed E-state index contributed by atoms with van der Waals surface area (Å²) in [4.78, 5) is 0.368. The third kappa shape index (κ3) is 4.05. The van der Waals surface area contributed by atoms with Crippen LogP contribution in [-0.4, -0.2) is 37.7 Å². The molecule has 0 amide bonds. The van der Waals surface area contributed by atoms with E-state index < -0.39 is 20.8 Å². The van der Waals surface area contributed by atoms with E-state index in [9.17, 15) is 12.6 Å². The average Bonchev–Trinajstić information content (AvgIpc) is 2.44. The zero-order valence-corrected chi connectivity index (χ0v) is 14.1. The first-order valence-corrected chi connectivity index (χ1v) is 10.3. The van der Waals surface area contributed by atoms with Crippen LogP contribution in [0.25, 0.3) is 0 Å². The average molecular weight is 330 g/mol. The molecule has 0 spiro atoms. The molecule has 1 unspecified atom stereocenters. The second-order valence-electron chi connectivity index (χ2n) is 5.29. The summed E-state index contributed by atoms with van der Waals surface area (Å²) in [5.74, 6) is 0.510. The Morgan fingerprint density at radius 3 is 2.86 bits per heavy atom. The van der Waals surface area contributed by atoms with Gasteiger partial charge in [0.15, 0.2) is 0 Å². The Kier molecular flexibility index (Phi) is 5.40. The van der Waals surface area contributed by atoms with Crippen molar-refractivity contribution in [2.24, 2.45) is 0 Å². The molecule has 2 N–H and O–H groups in total. The molecule has 7 heteroatoms. The van der Waals surface area contributed by atoms with E-state index in [1.807, 2.05) is 13.0 Å². The van der Waals surface area contributed by atoms with Crippen LogP contribution in [0.5, 0.6) is 0 Å². The molecule has 0 fully saturated rings. The second-order valence-corrected chi connectivity index (χ2v) is 8.58. The van der Waals surface area contributed by atoms with E-state index >= 15 is 0 Å². The van der Waals surface area contributed by atoms with Crippen molar-refractivity contribution in [2.45, 2.75) is 31.1 Å². The number of fused-ring (bicyclic) bond motifs is 1. The van der Waals surface area contributed by atoms with Gasteiger partial charge in [0.25, 0.3) is 0 Å². The van der Waals surface area contributed by atoms with Crippen LogP contribution in [0, 0.1) is 6.92 Å². The van der Waals surface area contributed by atoms with Gasteiger partial charge in [0, 0.05) is 41.6 Å². The van der Waals surface area contributed by atoms with E-state index in [0.29, 0.717) is 23.6 Å². The fourth-order valence-corrected chi connectivity index (χ4v) is 4.43. The van der Waals surface area contributed by atoms with Crippen molar-refractivity contribution in [3.63, 3.8) is 0 Å². The molecule has 0 saturated carbocycles. The van der Waals surface area contributed by atoms with Crippen LogP contribution in [0.4, 0.5) is 5.69 Å². The van der Waals surface area contributed by atoms with Crippen LogP contribution in [0.1, 0.15) is 24.0 Å². The first kappa shape index (κ1) is 16.5. The monoisotopic (exact) mass is 330 g/mol. The Labute approximate surface area is 129 Å². The van der Waals surface area contributed by atoms with Crippen molar-refractivity contribution in [1.82, 2.24) is 4.72 Å². The minimum atomic E-state index is -3.51. The van der Waals surface area contributed by atoms with Gasteiger partial charge in [0.2, 0.25) is 10.0 Å². The Morgan fingerprint density at radius 1 is 1.38 bits per heavy atom. The summed E-state index contributed by atoms with van der Waals surface area (Å²) in [6.45, 7) is 3.18. The minimum Gasteiger partial charge on any atom is -0.385 e. The van der Waals surface area contributed by atoms with E-state index in [0.717, 1.165) is 36.2 Å². The topological polar surface area (TPSA) is 75.3 Å². The summed E-state index contributed by atoms with van der Waals surface area (Å²) in [5, 5.41) is 3.29. The lowest BCUT2D eigenvalue weighted by atomic mass is 10.00. The molecule has 118 valence electrons. The number of hydrogen-bond donors (Lipinski definition) is 2. The van der Waals surface area contributed by atoms with Crippen LogP contribution in [0.15, 0.2) is 17.0 Å². The minimum absolute atomic E-state index is 0.317.